The van der Waals surface area contributed by atoms with Crippen molar-refractivity contribution in [2.24, 2.45) is 0 Å². The van der Waals surface area contributed by atoms with Crippen LogP contribution >= 0.6 is 11.6 Å². The Hall–Kier alpha value is -3.56. The Kier molecular flexibility index (Phi) is 6.78. The van der Waals surface area contributed by atoms with Crippen molar-refractivity contribution in [1.29, 1.82) is 0 Å². The molecule has 0 saturated heterocycles. The summed E-state index contributed by atoms with van der Waals surface area (Å²) in [6, 6.07) is 18.2. The van der Waals surface area contributed by atoms with Crippen LogP contribution in [0.1, 0.15) is 20.7 Å². The van der Waals surface area contributed by atoms with Gasteiger partial charge in [0.15, 0.2) is 0 Å². The fourth-order valence-corrected chi connectivity index (χ4v) is 3.87. The number of methoxy groups -OCH3 is 1. The molecule has 0 saturated carbocycles. The smallest absolute Gasteiger partial charge is 0.273 e. The number of hydrazine groups is 1. The first-order valence-electron chi connectivity index (χ1n) is 8.92. The molecule has 2 amide bonds. The molecular weight excluding hydrogens is 442 g/mol. The van der Waals surface area contributed by atoms with E-state index in [2.05, 4.69) is 15.6 Å². The van der Waals surface area contributed by atoms with Crippen LogP contribution in [0.3, 0.4) is 0 Å². The molecule has 31 heavy (non-hydrogen) atoms. The molecule has 0 heterocycles. The number of nitrogens with one attached hydrogen (secondary N) is 3. The van der Waals surface area contributed by atoms with Gasteiger partial charge in [0.25, 0.3) is 21.8 Å². The highest BCUT2D eigenvalue weighted by Crippen LogP contribution is 2.22. The summed E-state index contributed by atoms with van der Waals surface area (Å²) in [6.07, 6.45) is 0. The maximum Gasteiger partial charge on any atom is 0.273 e. The van der Waals surface area contributed by atoms with Crippen molar-refractivity contribution in [2.45, 2.75) is 4.90 Å². The minimum atomic E-state index is -3.74. The molecule has 3 N–H and O–H groups in total. The number of benzene rings is 3. The number of rotatable bonds is 6. The molecule has 0 spiro atoms. The molecule has 0 unspecified atom stereocenters. The second kappa shape index (κ2) is 9.50. The minimum Gasteiger partial charge on any atom is -0.496 e. The predicted octanol–water partition coefficient (Wildman–Crippen LogP) is 3.22. The molecule has 3 aromatic carbocycles. The summed E-state index contributed by atoms with van der Waals surface area (Å²) in [6.45, 7) is 0. The number of carbonyl (C=O) groups excluding carboxylic acids is 2. The van der Waals surface area contributed by atoms with Crippen molar-refractivity contribution in [3.05, 3.63) is 88.9 Å². The zero-order chi connectivity index (χ0) is 22.4. The van der Waals surface area contributed by atoms with E-state index in [9.17, 15) is 18.0 Å². The Morgan fingerprint density at radius 2 is 1.52 bits per heavy atom. The van der Waals surface area contributed by atoms with Gasteiger partial charge in [0.2, 0.25) is 0 Å². The molecular formula is C21H18ClN3O5S. The highest BCUT2D eigenvalue weighted by Gasteiger charge is 2.16. The van der Waals surface area contributed by atoms with Crippen molar-refractivity contribution < 1.29 is 22.7 Å². The first-order valence-corrected chi connectivity index (χ1v) is 10.8. The van der Waals surface area contributed by atoms with E-state index in [0.29, 0.717) is 10.8 Å². The number of ether oxygens (including phenoxy) is 1. The highest BCUT2D eigenvalue weighted by atomic mass is 35.5. The maximum absolute atomic E-state index is 12.4. The zero-order valence-corrected chi connectivity index (χ0v) is 17.8. The molecule has 8 nitrogen and oxygen atoms in total. The van der Waals surface area contributed by atoms with Crippen LogP contribution in [0, 0.1) is 0 Å². The van der Waals surface area contributed by atoms with Crippen LogP contribution in [0.25, 0.3) is 0 Å². The van der Waals surface area contributed by atoms with Gasteiger partial charge >= 0.3 is 0 Å². The topological polar surface area (TPSA) is 114 Å². The number of carbonyl (C=O) groups is 2. The lowest BCUT2D eigenvalue weighted by Crippen LogP contribution is -2.41. The van der Waals surface area contributed by atoms with E-state index >= 15 is 0 Å². The fraction of sp³-hybridized carbons (Fsp3) is 0.0476. The van der Waals surface area contributed by atoms with E-state index in [1.54, 1.807) is 24.3 Å². The van der Waals surface area contributed by atoms with Crippen LogP contribution in [-0.2, 0) is 10.0 Å². The van der Waals surface area contributed by atoms with Crippen LogP contribution in [0.5, 0.6) is 5.75 Å². The highest BCUT2D eigenvalue weighted by molar-refractivity contribution is 7.92. The van der Waals surface area contributed by atoms with E-state index in [0.717, 1.165) is 0 Å². The number of sulfonamides is 1. The first kappa shape index (κ1) is 22.1. The minimum absolute atomic E-state index is 0.121. The summed E-state index contributed by atoms with van der Waals surface area (Å²) in [5.41, 5.74) is 5.22. The maximum atomic E-state index is 12.4. The van der Waals surface area contributed by atoms with Gasteiger partial charge in [-0.1, -0.05) is 29.8 Å². The second-order valence-electron chi connectivity index (χ2n) is 6.25. The van der Waals surface area contributed by atoms with Gasteiger partial charge in [-0.25, -0.2) is 8.42 Å². The number of halogens is 1. The van der Waals surface area contributed by atoms with E-state index in [4.69, 9.17) is 16.3 Å². The van der Waals surface area contributed by atoms with Crippen molar-refractivity contribution in [1.82, 2.24) is 10.9 Å². The number of amides is 2. The average Bonchev–Trinajstić information content (AvgIpc) is 2.78. The SMILES string of the molecule is COc1ccc(Cl)cc1C(=O)NNC(=O)c1ccc(NS(=O)(=O)c2ccccc2)cc1. The van der Waals surface area contributed by atoms with E-state index in [1.807, 2.05) is 0 Å². The van der Waals surface area contributed by atoms with E-state index < -0.39 is 21.8 Å². The molecule has 0 aliphatic carbocycles. The molecule has 0 atom stereocenters. The van der Waals surface area contributed by atoms with Crippen LogP contribution in [0.2, 0.25) is 5.02 Å². The lowest BCUT2D eigenvalue weighted by molar-refractivity contribution is 0.0845. The molecule has 0 bridgehead atoms. The molecule has 3 aromatic rings. The van der Waals surface area contributed by atoms with Crippen molar-refractivity contribution >= 4 is 39.1 Å². The number of anilines is 1. The quantitative estimate of drug-likeness (QED) is 0.490. The Labute approximate surface area is 184 Å². The van der Waals surface area contributed by atoms with Gasteiger partial charge in [-0.05, 0) is 54.6 Å². The Bertz CT molecular complexity index is 1200. The lowest BCUT2D eigenvalue weighted by Gasteiger charge is -2.11. The third kappa shape index (κ3) is 5.53. The molecule has 3 rings (SSSR count). The molecule has 160 valence electrons. The van der Waals surface area contributed by atoms with Gasteiger partial charge in [0, 0.05) is 16.3 Å². The summed E-state index contributed by atoms with van der Waals surface area (Å²) in [5, 5.41) is 0.339. The molecule has 0 fully saturated rings. The first-order chi connectivity index (χ1) is 14.8. The van der Waals surface area contributed by atoms with E-state index in [1.165, 1.54) is 55.6 Å². The van der Waals surface area contributed by atoms with Crippen molar-refractivity contribution in [2.75, 3.05) is 11.8 Å². The summed E-state index contributed by atoms with van der Waals surface area (Å²) >= 11 is 5.90. The standard InChI is InChI=1S/C21H18ClN3O5S/c1-30-19-12-9-15(22)13-18(19)21(27)24-23-20(26)14-7-10-16(11-8-14)25-31(28,29)17-5-3-2-4-6-17/h2-13,25H,1H3,(H,23,26)(H,24,27). The molecule has 0 radical (unpaired) electrons. The number of hydrogen-bond acceptors (Lipinski definition) is 5. The normalized spacial score (nSPS) is 10.8. The summed E-state index contributed by atoms with van der Waals surface area (Å²) in [7, 11) is -2.33. The van der Waals surface area contributed by atoms with Crippen LogP contribution in [0.15, 0.2) is 77.7 Å². The third-order valence-electron chi connectivity index (χ3n) is 4.15. The Balaban J connectivity index is 1.63. The molecule has 0 aromatic heterocycles. The summed E-state index contributed by atoms with van der Waals surface area (Å²) in [5.74, 6) is -0.905. The van der Waals surface area contributed by atoms with Crippen LogP contribution < -0.4 is 20.3 Å². The summed E-state index contributed by atoms with van der Waals surface area (Å²) in [4.78, 5) is 24.7. The average molecular weight is 460 g/mol. The molecule has 10 heteroatoms. The third-order valence-corrected chi connectivity index (χ3v) is 5.78. The Morgan fingerprint density at radius 1 is 0.871 bits per heavy atom. The van der Waals surface area contributed by atoms with Gasteiger partial charge in [-0.15, -0.1) is 0 Å². The lowest BCUT2D eigenvalue weighted by atomic mass is 10.2. The second-order valence-corrected chi connectivity index (χ2v) is 8.37. The fourth-order valence-electron chi connectivity index (χ4n) is 2.61. The largest absolute Gasteiger partial charge is 0.496 e. The van der Waals surface area contributed by atoms with Crippen molar-refractivity contribution in [3.63, 3.8) is 0 Å². The van der Waals surface area contributed by atoms with Crippen LogP contribution in [0.4, 0.5) is 5.69 Å². The molecule has 0 aliphatic rings. The zero-order valence-electron chi connectivity index (χ0n) is 16.3. The van der Waals surface area contributed by atoms with Gasteiger partial charge in [-0.3, -0.25) is 25.2 Å². The monoisotopic (exact) mass is 459 g/mol. The molecule has 0 aliphatic heterocycles. The predicted molar refractivity (Wildman–Crippen MR) is 117 cm³/mol. The summed E-state index contributed by atoms with van der Waals surface area (Å²) < 4.78 is 32.2. The van der Waals surface area contributed by atoms with Crippen LogP contribution in [-0.4, -0.2) is 27.3 Å². The van der Waals surface area contributed by atoms with Gasteiger partial charge in [-0.2, -0.15) is 0 Å². The number of hydrogen-bond donors (Lipinski definition) is 3. The Morgan fingerprint density at radius 3 is 2.16 bits per heavy atom. The van der Waals surface area contributed by atoms with Gasteiger partial charge < -0.3 is 4.74 Å². The van der Waals surface area contributed by atoms with E-state index in [-0.39, 0.29) is 21.7 Å². The van der Waals surface area contributed by atoms with Crippen molar-refractivity contribution in [3.8, 4) is 5.75 Å². The van der Waals surface area contributed by atoms with Gasteiger partial charge in [0.1, 0.15) is 5.75 Å². The van der Waals surface area contributed by atoms with Gasteiger partial charge in [0.05, 0.1) is 17.6 Å².